The summed E-state index contributed by atoms with van der Waals surface area (Å²) in [6, 6.07) is 6.92. The Morgan fingerprint density at radius 2 is 2.04 bits per heavy atom. The maximum Gasteiger partial charge on any atom is 0.246 e. The molecular formula is C20H27N3O4S. The molecule has 0 amide bonds. The average Bonchev–Trinajstić information content (AvgIpc) is 2.69. The Labute approximate surface area is 166 Å². The van der Waals surface area contributed by atoms with Gasteiger partial charge in [-0.25, -0.2) is 8.42 Å². The van der Waals surface area contributed by atoms with Gasteiger partial charge in [-0.1, -0.05) is 18.2 Å². The molecule has 0 unspecified atom stereocenters. The van der Waals surface area contributed by atoms with Gasteiger partial charge in [0.1, 0.15) is 0 Å². The summed E-state index contributed by atoms with van der Waals surface area (Å²) in [4.78, 5) is 11.0. The molecule has 152 valence electrons. The first kappa shape index (κ1) is 20.7. The van der Waals surface area contributed by atoms with Gasteiger partial charge < -0.3 is 5.32 Å². The van der Waals surface area contributed by atoms with Gasteiger partial charge >= 0.3 is 0 Å². The number of nitrogens with zero attached hydrogens (tertiary/aromatic N) is 2. The Kier molecular flexibility index (Phi) is 6.64. The zero-order chi connectivity index (χ0) is 20.1. The largest absolute Gasteiger partial charge is 0.317 e. The predicted molar refractivity (Wildman–Crippen MR) is 108 cm³/mol. The Morgan fingerprint density at radius 3 is 2.71 bits per heavy atom. The summed E-state index contributed by atoms with van der Waals surface area (Å²) < 4.78 is 28.4. The first-order valence-electron chi connectivity index (χ1n) is 9.71. The maximum atomic E-state index is 13.4. The number of sulfonamides is 1. The van der Waals surface area contributed by atoms with Crippen molar-refractivity contribution < 1.29 is 13.3 Å². The van der Waals surface area contributed by atoms with Crippen molar-refractivity contribution in [1.29, 1.82) is 0 Å². The van der Waals surface area contributed by atoms with E-state index in [1.807, 2.05) is 19.1 Å². The van der Waals surface area contributed by atoms with Crippen molar-refractivity contribution in [2.75, 3.05) is 19.6 Å². The third kappa shape index (κ3) is 4.87. The Morgan fingerprint density at radius 1 is 1.29 bits per heavy atom. The lowest BCUT2D eigenvalue weighted by Crippen LogP contribution is -2.46. The van der Waals surface area contributed by atoms with E-state index in [1.54, 1.807) is 28.6 Å². The first-order chi connectivity index (χ1) is 13.4. The van der Waals surface area contributed by atoms with E-state index in [0.717, 1.165) is 37.1 Å². The van der Waals surface area contributed by atoms with Crippen LogP contribution < -0.4 is 5.32 Å². The second-order valence-electron chi connectivity index (χ2n) is 7.37. The second-order valence-corrected chi connectivity index (χ2v) is 9.26. The van der Waals surface area contributed by atoms with E-state index in [-0.39, 0.29) is 16.7 Å². The van der Waals surface area contributed by atoms with Crippen LogP contribution in [0.3, 0.4) is 0 Å². The Bertz CT molecular complexity index is 886. The zero-order valence-corrected chi connectivity index (χ0v) is 17.0. The number of hydrogen-bond donors (Lipinski definition) is 1. The normalized spacial score (nSPS) is 18.6. The van der Waals surface area contributed by atoms with Gasteiger partial charge in [0.25, 0.3) is 0 Å². The molecule has 3 rings (SSSR count). The standard InChI is InChI=1S/C20H27N3O4S/c1-16-4-2-7-20(14-16)28(26,27)22(18-8-11-21-12-9-18)13-10-17-5-3-6-19(15-17)23(24)25/h2,4-5,7,14-15,18,21H,3,6,8-13H2,1H3. The van der Waals surface area contributed by atoms with E-state index < -0.39 is 10.0 Å². The number of piperidine rings is 1. The van der Waals surface area contributed by atoms with Crippen molar-refractivity contribution in [1.82, 2.24) is 9.62 Å². The number of aryl methyl sites for hydroxylation is 1. The number of nitrogens with one attached hydrogen (secondary N) is 1. The molecule has 0 saturated carbocycles. The molecule has 28 heavy (non-hydrogen) atoms. The topological polar surface area (TPSA) is 92.5 Å². The minimum absolute atomic E-state index is 0.0603. The molecule has 0 atom stereocenters. The van der Waals surface area contributed by atoms with E-state index in [4.69, 9.17) is 0 Å². The highest BCUT2D eigenvalue weighted by molar-refractivity contribution is 7.89. The molecule has 1 fully saturated rings. The highest BCUT2D eigenvalue weighted by Crippen LogP contribution is 2.26. The van der Waals surface area contributed by atoms with Crippen LogP contribution in [0.1, 0.15) is 37.7 Å². The minimum Gasteiger partial charge on any atom is -0.317 e. The summed E-state index contributed by atoms with van der Waals surface area (Å²) in [5, 5.41) is 14.3. The number of hydrogen-bond acceptors (Lipinski definition) is 5. The average molecular weight is 406 g/mol. The van der Waals surface area contributed by atoms with E-state index in [2.05, 4.69) is 5.32 Å². The molecule has 7 nitrogen and oxygen atoms in total. The van der Waals surface area contributed by atoms with Crippen LogP contribution in [0.2, 0.25) is 0 Å². The number of benzene rings is 1. The summed E-state index contributed by atoms with van der Waals surface area (Å²) in [6.45, 7) is 3.79. The SMILES string of the molecule is Cc1cccc(S(=O)(=O)N(CCC2=CCCC([N+](=O)[O-])=C2)C2CCNCC2)c1. The lowest BCUT2D eigenvalue weighted by Gasteiger charge is -2.34. The molecule has 1 aliphatic carbocycles. The maximum absolute atomic E-state index is 13.4. The van der Waals surface area contributed by atoms with Crippen LogP contribution in [0.5, 0.6) is 0 Å². The monoisotopic (exact) mass is 405 g/mol. The number of allylic oxidation sites excluding steroid dienone is 3. The smallest absolute Gasteiger partial charge is 0.246 e. The molecule has 1 N–H and O–H groups in total. The summed E-state index contributed by atoms with van der Waals surface area (Å²) >= 11 is 0. The van der Waals surface area contributed by atoms with Crippen LogP contribution in [0.15, 0.2) is 52.6 Å². The Hall–Kier alpha value is -2.03. The van der Waals surface area contributed by atoms with Crippen LogP contribution in [0, 0.1) is 17.0 Å². The molecule has 1 aromatic carbocycles. The first-order valence-corrected chi connectivity index (χ1v) is 11.1. The number of rotatable bonds is 7. The van der Waals surface area contributed by atoms with Crippen molar-refractivity contribution in [3.8, 4) is 0 Å². The quantitative estimate of drug-likeness (QED) is 0.556. The highest BCUT2D eigenvalue weighted by Gasteiger charge is 2.32. The van der Waals surface area contributed by atoms with Gasteiger partial charge in [-0.15, -0.1) is 0 Å². The third-order valence-electron chi connectivity index (χ3n) is 5.33. The molecular weight excluding hydrogens is 378 g/mol. The second kappa shape index (κ2) is 8.98. The molecule has 2 aliphatic rings. The van der Waals surface area contributed by atoms with Crippen molar-refractivity contribution in [3.63, 3.8) is 0 Å². The van der Waals surface area contributed by atoms with Gasteiger partial charge in [0.2, 0.25) is 15.7 Å². The highest BCUT2D eigenvalue weighted by atomic mass is 32.2. The summed E-state index contributed by atoms with van der Waals surface area (Å²) in [5.41, 5.74) is 1.95. The van der Waals surface area contributed by atoms with E-state index in [1.165, 1.54) is 0 Å². The molecule has 1 heterocycles. The van der Waals surface area contributed by atoms with Crippen LogP contribution in [0.4, 0.5) is 0 Å². The lowest BCUT2D eigenvalue weighted by molar-refractivity contribution is -0.428. The van der Waals surface area contributed by atoms with Crippen LogP contribution >= 0.6 is 0 Å². The molecule has 0 spiro atoms. The zero-order valence-electron chi connectivity index (χ0n) is 16.1. The van der Waals surface area contributed by atoms with Crippen LogP contribution in [-0.2, 0) is 10.0 Å². The van der Waals surface area contributed by atoms with Crippen molar-refractivity contribution in [2.45, 2.75) is 50.0 Å². The third-order valence-corrected chi connectivity index (χ3v) is 7.27. The molecule has 0 bridgehead atoms. The molecule has 1 aliphatic heterocycles. The summed E-state index contributed by atoms with van der Waals surface area (Å²) in [5.74, 6) is 0. The number of nitro groups is 1. The van der Waals surface area contributed by atoms with E-state index >= 15 is 0 Å². The molecule has 1 aromatic rings. The summed E-state index contributed by atoms with van der Waals surface area (Å²) in [6.07, 6.45) is 6.64. The van der Waals surface area contributed by atoms with Gasteiger partial charge in [-0.3, -0.25) is 10.1 Å². The van der Waals surface area contributed by atoms with Gasteiger partial charge in [0, 0.05) is 25.1 Å². The van der Waals surface area contributed by atoms with Gasteiger partial charge in [-0.05, 0) is 69.0 Å². The van der Waals surface area contributed by atoms with Crippen molar-refractivity contribution in [2.24, 2.45) is 0 Å². The molecule has 0 aromatic heterocycles. The van der Waals surface area contributed by atoms with Crippen molar-refractivity contribution >= 4 is 10.0 Å². The van der Waals surface area contributed by atoms with Crippen LogP contribution in [0.25, 0.3) is 0 Å². The van der Waals surface area contributed by atoms with Crippen molar-refractivity contribution in [3.05, 3.63) is 63.4 Å². The predicted octanol–water partition coefficient (Wildman–Crippen LogP) is 3.01. The fourth-order valence-electron chi connectivity index (χ4n) is 3.81. The molecule has 1 saturated heterocycles. The Balaban J connectivity index is 1.83. The minimum atomic E-state index is -3.63. The fourth-order valence-corrected chi connectivity index (χ4v) is 5.60. The van der Waals surface area contributed by atoms with E-state index in [0.29, 0.717) is 30.7 Å². The molecule has 0 radical (unpaired) electrons. The van der Waals surface area contributed by atoms with Gasteiger partial charge in [0.15, 0.2) is 0 Å². The fraction of sp³-hybridized carbons (Fsp3) is 0.500. The van der Waals surface area contributed by atoms with Gasteiger partial charge in [-0.2, -0.15) is 4.31 Å². The van der Waals surface area contributed by atoms with Gasteiger partial charge in [0.05, 0.1) is 9.82 Å². The molecule has 8 heteroatoms. The van der Waals surface area contributed by atoms with Crippen LogP contribution in [-0.4, -0.2) is 43.3 Å². The lowest BCUT2D eigenvalue weighted by atomic mass is 10.0. The summed E-state index contributed by atoms with van der Waals surface area (Å²) in [7, 11) is -3.63. The van der Waals surface area contributed by atoms with E-state index in [9.17, 15) is 18.5 Å².